The molecule has 27 heavy (non-hydrogen) atoms. The number of imide groups is 1. The van der Waals surface area contributed by atoms with Crippen molar-refractivity contribution in [1.29, 1.82) is 0 Å². The lowest BCUT2D eigenvalue weighted by Gasteiger charge is -2.16. The number of carbonyl (C=O) groups excluding carboxylic acids is 2. The third kappa shape index (κ3) is 4.53. The zero-order valence-corrected chi connectivity index (χ0v) is 15.2. The van der Waals surface area contributed by atoms with Crippen LogP contribution in [-0.4, -0.2) is 40.5 Å². The number of amides is 2. The van der Waals surface area contributed by atoms with Gasteiger partial charge in [0.05, 0.1) is 18.8 Å². The minimum Gasteiger partial charge on any atom is -0.394 e. The van der Waals surface area contributed by atoms with Gasteiger partial charge in [-0.25, -0.2) is 9.29 Å². The molecule has 0 bridgehead atoms. The molecule has 6 nitrogen and oxygen atoms in total. The molecule has 1 saturated heterocycles. The molecule has 3 rings (SSSR count). The molecule has 8 heteroatoms. The smallest absolute Gasteiger partial charge is 0.247 e. The maximum absolute atomic E-state index is 14.0. The van der Waals surface area contributed by atoms with Crippen LogP contribution < -0.4 is 10.2 Å². The van der Waals surface area contributed by atoms with E-state index in [4.69, 9.17) is 5.11 Å². The highest BCUT2D eigenvalue weighted by Crippen LogP contribution is 2.32. The van der Waals surface area contributed by atoms with Gasteiger partial charge in [-0.3, -0.25) is 14.6 Å². The van der Waals surface area contributed by atoms with E-state index in [-0.39, 0.29) is 25.3 Å². The third-order valence-corrected chi connectivity index (χ3v) is 4.94. The van der Waals surface area contributed by atoms with Crippen molar-refractivity contribution in [3.8, 4) is 0 Å². The van der Waals surface area contributed by atoms with Crippen molar-refractivity contribution < 1.29 is 19.1 Å². The van der Waals surface area contributed by atoms with Gasteiger partial charge >= 0.3 is 0 Å². The molecule has 140 valence electrons. The average molecular weight is 387 g/mol. The first-order valence-electron chi connectivity index (χ1n) is 8.35. The zero-order valence-electron chi connectivity index (χ0n) is 14.3. The number of hydrogen-bond acceptors (Lipinski definition) is 5. The molecule has 1 aliphatic rings. The highest BCUT2D eigenvalue weighted by Gasteiger charge is 2.41. The van der Waals surface area contributed by atoms with Crippen LogP contribution in [-0.2, 0) is 9.59 Å². The summed E-state index contributed by atoms with van der Waals surface area (Å²) in [7, 11) is 0. The predicted octanol–water partition coefficient (Wildman–Crippen LogP) is 2.65. The second-order valence-corrected chi connectivity index (χ2v) is 6.92. The summed E-state index contributed by atoms with van der Waals surface area (Å²) in [5.74, 6) is -1.56. The van der Waals surface area contributed by atoms with Gasteiger partial charge in [-0.2, -0.15) is 0 Å². The van der Waals surface area contributed by atoms with Crippen LogP contribution in [0.4, 0.5) is 15.8 Å². The number of hydrogen-bond donors (Lipinski definition) is 2. The van der Waals surface area contributed by atoms with E-state index < -0.39 is 22.9 Å². The quantitative estimate of drug-likeness (QED) is 0.468. The summed E-state index contributed by atoms with van der Waals surface area (Å²) in [6.07, 6.45) is -0.0492. The van der Waals surface area contributed by atoms with Crippen molar-refractivity contribution in [2.45, 2.75) is 11.7 Å². The number of nitrogens with zero attached hydrogens (tertiary/aromatic N) is 2. The molecular formula is C19H18FN3O3S. The fraction of sp³-hybridized carbons (Fsp3) is 0.211. The maximum Gasteiger partial charge on any atom is 0.247 e. The van der Waals surface area contributed by atoms with Gasteiger partial charge in [-0.15, -0.1) is 0 Å². The molecular weight excluding hydrogens is 369 g/mol. The number of amidine groups is 1. The van der Waals surface area contributed by atoms with E-state index in [9.17, 15) is 14.0 Å². The van der Waals surface area contributed by atoms with E-state index in [1.807, 2.05) is 30.3 Å². The number of aliphatic hydroxyl groups excluding tert-OH is 1. The molecule has 2 aromatic rings. The van der Waals surface area contributed by atoms with E-state index in [0.717, 1.165) is 22.3 Å². The number of aliphatic imine (C=N–C) groups is 1. The number of nitrogens with one attached hydrogen (secondary N) is 1. The minimum absolute atomic E-state index is 0.0412. The van der Waals surface area contributed by atoms with Crippen molar-refractivity contribution in [3.63, 3.8) is 0 Å². The van der Waals surface area contributed by atoms with Crippen molar-refractivity contribution >= 4 is 40.1 Å². The number of anilines is 2. The van der Waals surface area contributed by atoms with Crippen LogP contribution in [0, 0.1) is 5.82 Å². The molecule has 0 aliphatic carbocycles. The SMILES string of the molecule is O=C1C[C@@H](SC(=NCCO)Nc2ccccc2)C(=O)N1c1ccccc1F. The monoisotopic (exact) mass is 387 g/mol. The Bertz CT molecular complexity index is 860. The molecule has 1 heterocycles. The standard InChI is InChI=1S/C19H18FN3O3S/c20-14-8-4-5-9-15(14)23-17(25)12-16(18(23)26)27-19(21-10-11-24)22-13-6-2-1-3-7-13/h1-9,16,24H,10-12H2,(H,21,22)/t16-/m1/s1. The maximum atomic E-state index is 14.0. The van der Waals surface area contributed by atoms with Crippen molar-refractivity contribution in [3.05, 3.63) is 60.4 Å². The Balaban J connectivity index is 1.77. The average Bonchev–Trinajstić information content (AvgIpc) is 2.94. The molecule has 0 saturated carbocycles. The highest BCUT2D eigenvalue weighted by atomic mass is 32.2. The normalized spacial score (nSPS) is 17.5. The summed E-state index contributed by atoms with van der Waals surface area (Å²) >= 11 is 1.10. The summed E-state index contributed by atoms with van der Waals surface area (Å²) in [5.41, 5.74) is 0.727. The van der Waals surface area contributed by atoms with E-state index >= 15 is 0 Å². The van der Waals surface area contributed by atoms with Crippen molar-refractivity contribution in [2.75, 3.05) is 23.4 Å². The van der Waals surface area contributed by atoms with Crippen LogP contribution in [0.2, 0.25) is 0 Å². The molecule has 0 aromatic heterocycles. The van der Waals surface area contributed by atoms with E-state index in [1.165, 1.54) is 18.2 Å². The van der Waals surface area contributed by atoms with Gasteiger partial charge in [0.2, 0.25) is 11.8 Å². The van der Waals surface area contributed by atoms with E-state index in [2.05, 4.69) is 10.3 Å². The van der Waals surface area contributed by atoms with Gasteiger partial charge in [-0.1, -0.05) is 42.1 Å². The van der Waals surface area contributed by atoms with Gasteiger partial charge in [0.1, 0.15) is 11.1 Å². The number of carbonyl (C=O) groups is 2. The summed E-state index contributed by atoms with van der Waals surface area (Å²) in [6, 6.07) is 14.9. The summed E-state index contributed by atoms with van der Waals surface area (Å²) in [5, 5.41) is 11.8. The molecule has 1 aliphatic heterocycles. The Labute approximate surface area is 160 Å². The zero-order chi connectivity index (χ0) is 19.2. The first-order chi connectivity index (χ1) is 13.1. The molecule has 1 atom stereocenters. The van der Waals surface area contributed by atoms with Gasteiger partial charge in [0.15, 0.2) is 5.17 Å². The Kier molecular flexibility index (Phi) is 6.20. The van der Waals surface area contributed by atoms with Crippen LogP contribution in [0.5, 0.6) is 0 Å². The van der Waals surface area contributed by atoms with Crippen molar-refractivity contribution in [1.82, 2.24) is 0 Å². The lowest BCUT2D eigenvalue weighted by molar-refractivity contribution is -0.121. The molecule has 1 fully saturated rings. The second-order valence-electron chi connectivity index (χ2n) is 5.73. The topological polar surface area (TPSA) is 82.0 Å². The Morgan fingerprint density at radius 2 is 1.89 bits per heavy atom. The number of rotatable bonds is 5. The van der Waals surface area contributed by atoms with Gasteiger partial charge in [0.25, 0.3) is 0 Å². The van der Waals surface area contributed by atoms with E-state index in [0.29, 0.717) is 5.17 Å². The third-order valence-electron chi connectivity index (χ3n) is 3.83. The number of benzene rings is 2. The number of para-hydroxylation sites is 2. The van der Waals surface area contributed by atoms with Gasteiger partial charge in [0, 0.05) is 12.1 Å². The molecule has 0 spiro atoms. The summed E-state index contributed by atoms with van der Waals surface area (Å²) in [4.78, 5) is 30.2. The van der Waals surface area contributed by atoms with Gasteiger partial charge < -0.3 is 10.4 Å². The van der Waals surface area contributed by atoms with Crippen LogP contribution in [0.25, 0.3) is 0 Å². The predicted molar refractivity (Wildman–Crippen MR) is 104 cm³/mol. The first-order valence-corrected chi connectivity index (χ1v) is 9.23. The fourth-order valence-corrected chi connectivity index (χ4v) is 3.66. The molecule has 2 amide bonds. The lowest BCUT2D eigenvalue weighted by Crippen LogP contribution is -2.32. The summed E-state index contributed by atoms with van der Waals surface area (Å²) < 4.78 is 14.0. The Morgan fingerprint density at radius 3 is 2.59 bits per heavy atom. The molecule has 2 N–H and O–H groups in total. The van der Waals surface area contributed by atoms with Crippen LogP contribution in [0.15, 0.2) is 59.6 Å². The largest absolute Gasteiger partial charge is 0.394 e. The number of thioether (sulfide) groups is 1. The molecule has 0 unspecified atom stereocenters. The Hall–Kier alpha value is -2.71. The number of aliphatic hydroxyl groups is 1. The second kappa shape index (κ2) is 8.79. The van der Waals surface area contributed by atoms with Crippen LogP contribution >= 0.6 is 11.8 Å². The van der Waals surface area contributed by atoms with Gasteiger partial charge in [-0.05, 0) is 24.3 Å². The number of halogens is 1. The van der Waals surface area contributed by atoms with Crippen LogP contribution in [0.1, 0.15) is 6.42 Å². The van der Waals surface area contributed by atoms with Crippen LogP contribution in [0.3, 0.4) is 0 Å². The highest BCUT2D eigenvalue weighted by molar-refractivity contribution is 8.15. The first kappa shape index (κ1) is 19.1. The molecule has 2 aromatic carbocycles. The minimum atomic E-state index is -0.717. The lowest BCUT2D eigenvalue weighted by atomic mass is 10.3. The Morgan fingerprint density at radius 1 is 1.19 bits per heavy atom. The van der Waals surface area contributed by atoms with Crippen molar-refractivity contribution in [2.24, 2.45) is 4.99 Å². The van der Waals surface area contributed by atoms with E-state index in [1.54, 1.807) is 6.07 Å². The summed E-state index contributed by atoms with van der Waals surface area (Å²) in [6.45, 7) is 0.0213. The fourth-order valence-electron chi connectivity index (χ4n) is 2.62. The molecule has 0 radical (unpaired) electrons.